The third-order valence-corrected chi connectivity index (χ3v) is 5.36. The van der Waals surface area contributed by atoms with Gasteiger partial charge < -0.3 is 15.4 Å². The first-order valence-corrected chi connectivity index (χ1v) is 11.0. The van der Waals surface area contributed by atoms with Gasteiger partial charge in [0.2, 0.25) is 5.91 Å². The van der Waals surface area contributed by atoms with Gasteiger partial charge in [-0.25, -0.2) is 0 Å². The molecule has 0 unspecified atom stereocenters. The fourth-order valence-electron chi connectivity index (χ4n) is 3.12. The summed E-state index contributed by atoms with van der Waals surface area (Å²) in [5, 5.41) is 6.03. The first-order valence-electron chi connectivity index (χ1n) is 9.75. The predicted molar refractivity (Wildman–Crippen MR) is 118 cm³/mol. The van der Waals surface area contributed by atoms with Crippen molar-refractivity contribution < 1.29 is 9.53 Å². The minimum absolute atomic E-state index is 0.0968. The Morgan fingerprint density at radius 2 is 2.07 bits per heavy atom. The topological polar surface area (TPSA) is 53.6 Å². The molecule has 5 nitrogen and oxygen atoms in total. The van der Waals surface area contributed by atoms with Crippen molar-refractivity contribution in [2.75, 3.05) is 39.5 Å². The lowest BCUT2D eigenvalue weighted by Gasteiger charge is -2.25. The van der Waals surface area contributed by atoms with Crippen LogP contribution in [0.4, 0.5) is 0 Å². The van der Waals surface area contributed by atoms with Crippen molar-refractivity contribution in [3.63, 3.8) is 0 Å². The van der Waals surface area contributed by atoms with Gasteiger partial charge in [-0.3, -0.25) is 9.69 Å². The third-order valence-electron chi connectivity index (χ3n) is 4.62. The number of hydrogen-bond donors (Lipinski definition) is 2. The maximum absolute atomic E-state index is 11.4. The van der Waals surface area contributed by atoms with Crippen LogP contribution in [-0.2, 0) is 11.3 Å². The van der Waals surface area contributed by atoms with E-state index in [1.807, 2.05) is 31.3 Å². The highest BCUT2D eigenvalue weighted by Crippen LogP contribution is 2.28. The minimum atomic E-state index is 0.0968. The van der Waals surface area contributed by atoms with E-state index in [1.54, 1.807) is 11.8 Å². The monoisotopic (exact) mass is 409 g/mol. The van der Waals surface area contributed by atoms with Gasteiger partial charge in [0.25, 0.3) is 0 Å². The Kier molecular flexibility index (Phi) is 8.00. The number of nitrogens with zero attached hydrogens (tertiary/aromatic N) is 1. The van der Waals surface area contributed by atoms with E-state index in [0.29, 0.717) is 13.1 Å². The average molecular weight is 410 g/mol. The Labute approximate surface area is 177 Å². The van der Waals surface area contributed by atoms with Crippen molar-refractivity contribution >= 4 is 17.7 Å². The second-order valence-corrected chi connectivity index (χ2v) is 7.69. The van der Waals surface area contributed by atoms with E-state index in [-0.39, 0.29) is 5.91 Å². The highest BCUT2D eigenvalue weighted by molar-refractivity contribution is 7.98. The summed E-state index contributed by atoms with van der Waals surface area (Å²) in [6.07, 6.45) is 2.80. The molecule has 1 heterocycles. The lowest BCUT2D eigenvalue weighted by atomic mass is 10.1. The molecule has 0 aromatic heterocycles. The summed E-state index contributed by atoms with van der Waals surface area (Å²) in [4.78, 5) is 14.8. The maximum atomic E-state index is 11.4. The van der Waals surface area contributed by atoms with Gasteiger partial charge in [-0.15, -0.1) is 11.8 Å². The average Bonchev–Trinajstić information content (AvgIpc) is 2.74. The highest BCUT2D eigenvalue weighted by Gasteiger charge is 2.14. The number of benzene rings is 2. The molecule has 0 spiro atoms. The zero-order valence-corrected chi connectivity index (χ0v) is 17.8. The van der Waals surface area contributed by atoms with Crippen molar-refractivity contribution in [3.8, 4) is 23.3 Å². The third kappa shape index (κ3) is 6.53. The lowest BCUT2D eigenvalue weighted by molar-refractivity contribution is -0.124. The molecular formula is C23H27N3O2S. The second-order valence-electron chi connectivity index (χ2n) is 6.81. The van der Waals surface area contributed by atoms with Crippen molar-refractivity contribution in [1.82, 2.24) is 15.5 Å². The molecule has 3 rings (SSSR count). The highest BCUT2D eigenvalue weighted by atomic mass is 32.2. The molecule has 29 heavy (non-hydrogen) atoms. The molecule has 0 radical (unpaired) electrons. The summed E-state index contributed by atoms with van der Waals surface area (Å²) in [6.45, 7) is 3.61. The van der Waals surface area contributed by atoms with Crippen molar-refractivity contribution in [2.45, 2.75) is 17.9 Å². The van der Waals surface area contributed by atoms with E-state index in [9.17, 15) is 4.79 Å². The van der Waals surface area contributed by atoms with Crippen LogP contribution < -0.4 is 15.4 Å². The molecule has 1 saturated heterocycles. The van der Waals surface area contributed by atoms with Crippen LogP contribution in [0, 0.1) is 11.8 Å². The first kappa shape index (κ1) is 21.3. The SMILES string of the molecule is CNCc1cc(C#CCCN2CCNC(=O)C2)ccc1Oc1ccc(SC)cc1. The summed E-state index contributed by atoms with van der Waals surface area (Å²) in [5.74, 6) is 8.22. The fraction of sp³-hybridized carbons (Fsp3) is 0.348. The molecule has 0 aliphatic carbocycles. The number of carbonyl (C=O) groups excluding carboxylic acids is 1. The van der Waals surface area contributed by atoms with Crippen LogP contribution in [-0.4, -0.2) is 50.3 Å². The van der Waals surface area contributed by atoms with Crippen LogP contribution >= 0.6 is 11.8 Å². The normalized spacial score (nSPS) is 14.1. The summed E-state index contributed by atoms with van der Waals surface area (Å²) in [6, 6.07) is 14.1. The van der Waals surface area contributed by atoms with Crippen LogP contribution in [0.1, 0.15) is 17.5 Å². The predicted octanol–water partition coefficient (Wildman–Crippen LogP) is 3.09. The van der Waals surface area contributed by atoms with E-state index in [2.05, 4.69) is 51.8 Å². The summed E-state index contributed by atoms with van der Waals surface area (Å²) in [7, 11) is 1.92. The number of ether oxygens (including phenoxy) is 1. The summed E-state index contributed by atoms with van der Waals surface area (Å²) < 4.78 is 6.09. The Hall–Kier alpha value is -2.46. The van der Waals surface area contributed by atoms with Crippen LogP contribution in [0.3, 0.4) is 0 Å². The van der Waals surface area contributed by atoms with Crippen molar-refractivity contribution in [1.29, 1.82) is 0 Å². The van der Waals surface area contributed by atoms with E-state index in [0.717, 1.165) is 48.7 Å². The van der Waals surface area contributed by atoms with Crippen LogP contribution in [0.2, 0.25) is 0 Å². The number of nitrogens with one attached hydrogen (secondary N) is 2. The number of hydrogen-bond acceptors (Lipinski definition) is 5. The quantitative estimate of drug-likeness (QED) is 0.544. The van der Waals surface area contributed by atoms with Crippen molar-refractivity contribution in [2.24, 2.45) is 0 Å². The number of piperazine rings is 1. The Bertz CT molecular complexity index is 887. The lowest BCUT2D eigenvalue weighted by Crippen LogP contribution is -2.47. The molecule has 2 aromatic carbocycles. The summed E-state index contributed by atoms with van der Waals surface area (Å²) >= 11 is 1.71. The number of thioether (sulfide) groups is 1. The smallest absolute Gasteiger partial charge is 0.234 e. The standard InChI is InChI=1S/C23H27N3O2S/c1-24-16-19-15-18(5-3-4-13-26-14-12-25-23(27)17-26)6-11-22(19)28-20-7-9-21(29-2)10-8-20/h6-11,15,24H,4,12-14,16-17H2,1-2H3,(H,25,27). The van der Waals surface area contributed by atoms with Gasteiger partial charge >= 0.3 is 0 Å². The van der Waals surface area contributed by atoms with Gasteiger partial charge in [-0.05, 0) is 55.8 Å². The fourth-order valence-corrected chi connectivity index (χ4v) is 3.53. The van der Waals surface area contributed by atoms with Gasteiger partial charge in [0.1, 0.15) is 11.5 Å². The number of amides is 1. The number of rotatable bonds is 7. The Balaban J connectivity index is 1.63. The Morgan fingerprint density at radius 1 is 1.24 bits per heavy atom. The molecular weight excluding hydrogens is 382 g/mol. The first-order chi connectivity index (χ1) is 14.2. The minimum Gasteiger partial charge on any atom is -0.457 e. The van der Waals surface area contributed by atoms with Gasteiger partial charge in [-0.2, -0.15) is 0 Å². The van der Waals surface area contributed by atoms with Crippen LogP contribution in [0.25, 0.3) is 0 Å². The molecule has 0 saturated carbocycles. The molecule has 1 aliphatic rings. The zero-order chi connectivity index (χ0) is 20.5. The molecule has 2 N–H and O–H groups in total. The number of carbonyl (C=O) groups is 1. The van der Waals surface area contributed by atoms with Gasteiger partial charge in [0, 0.05) is 48.6 Å². The van der Waals surface area contributed by atoms with E-state index < -0.39 is 0 Å². The van der Waals surface area contributed by atoms with E-state index in [4.69, 9.17) is 4.74 Å². The molecule has 152 valence electrons. The Morgan fingerprint density at radius 3 is 2.79 bits per heavy atom. The van der Waals surface area contributed by atoms with Crippen molar-refractivity contribution in [3.05, 3.63) is 53.6 Å². The van der Waals surface area contributed by atoms with Gasteiger partial charge in [0.05, 0.1) is 6.54 Å². The molecule has 2 aromatic rings. The van der Waals surface area contributed by atoms with Crippen LogP contribution in [0.5, 0.6) is 11.5 Å². The zero-order valence-electron chi connectivity index (χ0n) is 17.0. The summed E-state index contributed by atoms with van der Waals surface area (Å²) in [5.41, 5.74) is 2.04. The molecule has 6 heteroatoms. The molecule has 1 aliphatic heterocycles. The van der Waals surface area contributed by atoms with E-state index in [1.165, 1.54) is 4.90 Å². The van der Waals surface area contributed by atoms with Crippen LogP contribution in [0.15, 0.2) is 47.4 Å². The molecule has 0 bridgehead atoms. The molecule has 1 fully saturated rings. The second kappa shape index (κ2) is 10.9. The molecule has 0 atom stereocenters. The largest absolute Gasteiger partial charge is 0.457 e. The maximum Gasteiger partial charge on any atom is 0.234 e. The van der Waals surface area contributed by atoms with Gasteiger partial charge in [-0.1, -0.05) is 11.8 Å². The molecule has 1 amide bonds. The van der Waals surface area contributed by atoms with Gasteiger partial charge in [0.15, 0.2) is 0 Å². The van der Waals surface area contributed by atoms with E-state index >= 15 is 0 Å².